The number of hydrogen-bond acceptors (Lipinski definition) is 3. The van der Waals surface area contributed by atoms with Gasteiger partial charge in [-0.2, -0.15) is 0 Å². The van der Waals surface area contributed by atoms with Gasteiger partial charge in [0.05, 0.1) is 0 Å². The molecule has 0 bridgehead atoms. The van der Waals surface area contributed by atoms with Crippen LogP contribution >= 0.6 is 0 Å². The fraction of sp³-hybridized carbons (Fsp3) is 0.308. The molecule has 1 N–H and O–H groups in total. The SMILES string of the molecule is CC(=O)c1ccc(NC(=O)CCCC=O)cc1. The lowest BCUT2D eigenvalue weighted by Gasteiger charge is -2.04. The molecule has 0 unspecified atom stereocenters. The lowest BCUT2D eigenvalue weighted by atomic mass is 10.1. The molecule has 0 aromatic heterocycles. The Hall–Kier alpha value is -1.97. The molecular weight excluding hydrogens is 218 g/mol. The van der Waals surface area contributed by atoms with Crippen LogP contribution in [0.2, 0.25) is 0 Å². The molecule has 0 heterocycles. The Morgan fingerprint density at radius 1 is 1.24 bits per heavy atom. The van der Waals surface area contributed by atoms with Gasteiger partial charge in [0, 0.05) is 24.1 Å². The molecule has 0 saturated heterocycles. The van der Waals surface area contributed by atoms with Crippen molar-refractivity contribution in [1.29, 1.82) is 0 Å². The summed E-state index contributed by atoms with van der Waals surface area (Å²) in [5.41, 5.74) is 1.27. The van der Waals surface area contributed by atoms with Crippen molar-refractivity contribution in [3.05, 3.63) is 29.8 Å². The van der Waals surface area contributed by atoms with Crippen LogP contribution in [0.3, 0.4) is 0 Å². The van der Waals surface area contributed by atoms with E-state index in [-0.39, 0.29) is 11.7 Å². The summed E-state index contributed by atoms with van der Waals surface area (Å²) in [4.78, 5) is 32.5. The number of ketones is 1. The van der Waals surface area contributed by atoms with Gasteiger partial charge in [-0.25, -0.2) is 0 Å². The quantitative estimate of drug-likeness (QED) is 0.465. The summed E-state index contributed by atoms with van der Waals surface area (Å²) in [6.07, 6.45) is 2.08. The zero-order valence-electron chi connectivity index (χ0n) is 9.73. The van der Waals surface area contributed by atoms with Gasteiger partial charge in [-0.3, -0.25) is 9.59 Å². The summed E-state index contributed by atoms with van der Waals surface area (Å²) in [6.45, 7) is 1.49. The van der Waals surface area contributed by atoms with Gasteiger partial charge in [0.25, 0.3) is 0 Å². The average Bonchev–Trinajstić information content (AvgIpc) is 2.30. The third-order valence-electron chi connectivity index (χ3n) is 2.30. The summed E-state index contributed by atoms with van der Waals surface area (Å²) in [5, 5.41) is 2.70. The van der Waals surface area contributed by atoms with Crippen molar-refractivity contribution in [2.24, 2.45) is 0 Å². The topological polar surface area (TPSA) is 63.2 Å². The molecule has 1 amide bonds. The first-order valence-electron chi connectivity index (χ1n) is 5.48. The molecule has 17 heavy (non-hydrogen) atoms. The van der Waals surface area contributed by atoms with Gasteiger partial charge in [-0.1, -0.05) is 0 Å². The molecule has 0 fully saturated rings. The molecule has 0 atom stereocenters. The number of carbonyl (C=O) groups is 3. The normalized spacial score (nSPS) is 9.71. The number of carbonyl (C=O) groups excluding carboxylic acids is 3. The summed E-state index contributed by atoms with van der Waals surface area (Å²) >= 11 is 0. The van der Waals surface area contributed by atoms with E-state index in [0.29, 0.717) is 30.5 Å². The maximum Gasteiger partial charge on any atom is 0.224 e. The smallest absolute Gasteiger partial charge is 0.224 e. The highest BCUT2D eigenvalue weighted by atomic mass is 16.1. The molecule has 4 heteroatoms. The van der Waals surface area contributed by atoms with E-state index in [1.165, 1.54) is 6.92 Å². The largest absolute Gasteiger partial charge is 0.326 e. The second kappa shape index (κ2) is 6.58. The van der Waals surface area contributed by atoms with Crippen molar-refractivity contribution >= 4 is 23.7 Å². The van der Waals surface area contributed by atoms with Gasteiger partial charge in [-0.05, 0) is 37.6 Å². The van der Waals surface area contributed by atoms with Crippen molar-refractivity contribution in [2.75, 3.05) is 5.32 Å². The zero-order chi connectivity index (χ0) is 12.7. The van der Waals surface area contributed by atoms with Crippen LogP contribution in [-0.4, -0.2) is 18.0 Å². The summed E-state index contributed by atoms with van der Waals surface area (Å²) in [5.74, 6) is -0.128. The van der Waals surface area contributed by atoms with Crippen LogP contribution in [0.4, 0.5) is 5.69 Å². The van der Waals surface area contributed by atoms with Crippen molar-refractivity contribution in [3.8, 4) is 0 Å². The van der Waals surface area contributed by atoms with Crippen LogP contribution in [0.1, 0.15) is 36.5 Å². The van der Waals surface area contributed by atoms with Crippen LogP contribution in [0, 0.1) is 0 Å². The predicted molar refractivity (Wildman–Crippen MR) is 65.0 cm³/mol. The first kappa shape index (κ1) is 13.1. The van der Waals surface area contributed by atoms with Gasteiger partial charge in [0.1, 0.15) is 6.29 Å². The number of anilines is 1. The molecule has 0 saturated carbocycles. The molecule has 1 rings (SSSR count). The molecule has 0 aliphatic carbocycles. The van der Waals surface area contributed by atoms with Crippen LogP contribution in [0.5, 0.6) is 0 Å². The van der Waals surface area contributed by atoms with E-state index < -0.39 is 0 Å². The van der Waals surface area contributed by atoms with Crippen molar-refractivity contribution in [2.45, 2.75) is 26.2 Å². The van der Waals surface area contributed by atoms with Crippen LogP contribution < -0.4 is 5.32 Å². The molecule has 0 radical (unpaired) electrons. The van der Waals surface area contributed by atoms with Crippen molar-refractivity contribution in [3.63, 3.8) is 0 Å². The minimum Gasteiger partial charge on any atom is -0.326 e. The van der Waals surface area contributed by atoms with Crippen LogP contribution in [-0.2, 0) is 9.59 Å². The van der Waals surface area contributed by atoms with E-state index in [0.717, 1.165) is 6.29 Å². The Morgan fingerprint density at radius 3 is 2.41 bits per heavy atom. The number of Topliss-reactive ketones (excluding diaryl/α,β-unsaturated/α-hetero) is 1. The minimum atomic E-state index is -0.123. The van der Waals surface area contributed by atoms with E-state index in [9.17, 15) is 14.4 Å². The molecule has 0 aliphatic rings. The number of benzene rings is 1. The second-order valence-electron chi connectivity index (χ2n) is 3.74. The molecule has 0 spiro atoms. The third kappa shape index (κ3) is 4.59. The monoisotopic (exact) mass is 233 g/mol. The van der Waals surface area contributed by atoms with E-state index in [1.807, 2.05) is 0 Å². The number of hydrogen-bond donors (Lipinski definition) is 1. The maximum absolute atomic E-state index is 11.4. The lowest BCUT2D eigenvalue weighted by molar-refractivity contribution is -0.116. The summed E-state index contributed by atoms with van der Waals surface area (Å²) in [6, 6.07) is 6.72. The maximum atomic E-state index is 11.4. The van der Waals surface area contributed by atoms with Gasteiger partial charge in [0.2, 0.25) is 5.91 Å². The highest BCUT2D eigenvalue weighted by molar-refractivity contribution is 5.95. The highest BCUT2D eigenvalue weighted by Crippen LogP contribution is 2.10. The van der Waals surface area contributed by atoms with E-state index >= 15 is 0 Å². The van der Waals surface area contributed by atoms with E-state index in [4.69, 9.17) is 0 Å². The Balaban J connectivity index is 2.48. The fourth-order valence-electron chi connectivity index (χ4n) is 1.36. The fourth-order valence-corrected chi connectivity index (χ4v) is 1.36. The second-order valence-corrected chi connectivity index (χ2v) is 3.74. The number of aldehydes is 1. The Labute approximate surface area is 100 Å². The first-order chi connectivity index (χ1) is 8.13. The number of nitrogens with one attached hydrogen (secondary N) is 1. The third-order valence-corrected chi connectivity index (χ3v) is 2.30. The van der Waals surface area contributed by atoms with Gasteiger partial charge >= 0.3 is 0 Å². The van der Waals surface area contributed by atoms with Crippen LogP contribution in [0.25, 0.3) is 0 Å². The molecule has 4 nitrogen and oxygen atoms in total. The molecule has 1 aromatic carbocycles. The zero-order valence-corrected chi connectivity index (χ0v) is 9.73. The van der Waals surface area contributed by atoms with E-state index in [1.54, 1.807) is 24.3 Å². The van der Waals surface area contributed by atoms with Crippen molar-refractivity contribution in [1.82, 2.24) is 0 Å². The number of amides is 1. The van der Waals surface area contributed by atoms with Gasteiger partial charge in [0.15, 0.2) is 5.78 Å². The Kier molecular flexibility index (Phi) is 5.07. The Bertz CT molecular complexity index is 409. The van der Waals surface area contributed by atoms with Crippen molar-refractivity contribution < 1.29 is 14.4 Å². The molecule has 1 aromatic rings. The average molecular weight is 233 g/mol. The Morgan fingerprint density at radius 2 is 1.88 bits per heavy atom. The molecular formula is C13H15NO3. The van der Waals surface area contributed by atoms with Crippen LogP contribution in [0.15, 0.2) is 24.3 Å². The first-order valence-corrected chi connectivity index (χ1v) is 5.48. The molecule has 0 aliphatic heterocycles. The predicted octanol–water partition coefficient (Wildman–Crippen LogP) is 2.20. The van der Waals surface area contributed by atoms with Gasteiger partial charge < -0.3 is 10.1 Å². The lowest BCUT2D eigenvalue weighted by Crippen LogP contribution is -2.11. The summed E-state index contributed by atoms with van der Waals surface area (Å²) < 4.78 is 0. The highest BCUT2D eigenvalue weighted by Gasteiger charge is 2.03. The number of unbranched alkanes of at least 4 members (excludes halogenated alkanes) is 1. The van der Waals surface area contributed by atoms with E-state index in [2.05, 4.69) is 5.32 Å². The van der Waals surface area contributed by atoms with Gasteiger partial charge in [-0.15, -0.1) is 0 Å². The standard InChI is InChI=1S/C13H15NO3/c1-10(16)11-5-7-12(8-6-11)14-13(17)4-2-3-9-15/h5-9H,2-4H2,1H3,(H,14,17). The summed E-state index contributed by atoms with van der Waals surface area (Å²) in [7, 11) is 0. The minimum absolute atomic E-state index is 0.00569. The molecule has 90 valence electrons. The number of rotatable bonds is 6.